The SMILES string of the molecule is CS(=O)(=O)Nc1cc(CN2CCC(C=O)CC2)ccn1. The van der Waals surface area contributed by atoms with E-state index in [1.165, 1.54) is 0 Å². The van der Waals surface area contributed by atoms with Crippen LogP contribution in [0.3, 0.4) is 0 Å². The summed E-state index contributed by atoms with van der Waals surface area (Å²) in [5.41, 5.74) is 1.01. The van der Waals surface area contributed by atoms with E-state index in [1.807, 2.05) is 6.07 Å². The zero-order valence-corrected chi connectivity index (χ0v) is 12.3. The molecule has 0 aromatic carbocycles. The lowest BCUT2D eigenvalue weighted by atomic mass is 9.98. The van der Waals surface area contributed by atoms with Gasteiger partial charge in [-0.3, -0.25) is 9.62 Å². The van der Waals surface area contributed by atoms with Gasteiger partial charge in [0.15, 0.2) is 0 Å². The van der Waals surface area contributed by atoms with Crippen molar-refractivity contribution >= 4 is 22.1 Å². The first-order valence-corrected chi connectivity index (χ1v) is 8.46. The fraction of sp³-hybridized carbons (Fsp3) is 0.538. The van der Waals surface area contributed by atoms with Crippen LogP contribution in [0.2, 0.25) is 0 Å². The van der Waals surface area contributed by atoms with E-state index in [-0.39, 0.29) is 5.92 Å². The summed E-state index contributed by atoms with van der Waals surface area (Å²) >= 11 is 0. The molecule has 0 spiro atoms. The monoisotopic (exact) mass is 297 g/mol. The van der Waals surface area contributed by atoms with Gasteiger partial charge in [0.25, 0.3) is 0 Å². The molecular weight excluding hydrogens is 278 g/mol. The largest absolute Gasteiger partial charge is 0.303 e. The molecule has 20 heavy (non-hydrogen) atoms. The quantitative estimate of drug-likeness (QED) is 0.816. The lowest BCUT2D eigenvalue weighted by Crippen LogP contribution is -2.33. The van der Waals surface area contributed by atoms with E-state index in [0.29, 0.717) is 5.82 Å². The number of hydrogen-bond acceptors (Lipinski definition) is 5. The summed E-state index contributed by atoms with van der Waals surface area (Å²) in [4.78, 5) is 17.0. The lowest BCUT2D eigenvalue weighted by Gasteiger charge is -2.29. The smallest absolute Gasteiger partial charge is 0.230 e. The normalized spacial score (nSPS) is 17.9. The van der Waals surface area contributed by atoms with Crippen molar-refractivity contribution in [1.82, 2.24) is 9.88 Å². The van der Waals surface area contributed by atoms with Crippen molar-refractivity contribution in [2.75, 3.05) is 24.1 Å². The molecule has 0 radical (unpaired) electrons. The second kappa shape index (κ2) is 6.32. The highest BCUT2D eigenvalue weighted by Crippen LogP contribution is 2.18. The maximum Gasteiger partial charge on any atom is 0.230 e. The van der Waals surface area contributed by atoms with Crippen LogP contribution in [-0.2, 0) is 21.4 Å². The molecule has 2 rings (SSSR count). The summed E-state index contributed by atoms with van der Waals surface area (Å²) in [5, 5.41) is 0. The predicted molar refractivity (Wildman–Crippen MR) is 76.8 cm³/mol. The molecule has 1 N–H and O–H groups in total. The number of aromatic nitrogens is 1. The van der Waals surface area contributed by atoms with Crippen LogP contribution in [0.1, 0.15) is 18.4 Å². The Hall–Kier alpha value is -1.47. The Labute approximate surface area is 119 Å². The second-order valence-electron chi connectivity index (χ2n) is 5.17. The molecule has 0 amide bonds. The van der Waals surface area contributed by atoms with Crippen molar-refractivity contribution in [2.45, 2.75) is 19.4 Å². The lowest BCUT2D eigenvalue weighted by molar-refractivity contribution is -0.112. The molecule has 0 bridgehead atoms. The van der Waals surface area contributed by atoms with Crippen molar-refractivity contribution in [3.05, 3.63) is 23.9 Å². The van der Waals surface area contributed by atoms with E-state index in [0.717, 1.165) is 50.6 Å². The Bertz CT molecular complexity index is 566. The average Bonchev–Trinajstić information content (AvgIpc) is 2.38. The number of carbonyl (C=O) groups is 1. The molecule has 1 aliphatic rings. The molecule has 0 aliphatic carbocycles. The van der Waals surface area contributed by atoms with E-state index >= 15 is 0 Å². The molecule has 110 valence electrons. The van der Waals surface area contributed by atoms with Gasteiger partial charge in [0, 0.05) is 18.7 Å². The Kier molecular flexibility index (Phi) is 4.72. The number of nitrogens with zero attached hydrogens (tertiary/aromatic N) is 2. The molecule has 0 unspecified atom stereocenters. The van der Waals surface area contributed by atoms with Crippen LogP contribution in [0, 0.1) is 5.92 Å². The first-order chi connectivity index (χ1) is 9.46. The zero-order chi connectivity index (χ0) is 14.6. The number of hydrogen-bond donors (Lipinski definition) is 1. The van der Waals surface area contributed by atoms with Crippen molar-refractivity contribution < 1.29 is 13.2 Å². The average molecular weight is 297 g/mol. The van der Waals surface area contributed by atoms with E-state index in [9.17, 15) is 13.2 Å². The van der Waals surface area contributed by atoms with E-state index in [4.69, 9.17) is 0 Å². The van der Waals surface area contributed by atoms with Crippen LogP contribution >= 0.6 is 0 Å². The fourth-order valence-corrected chi connectivity index (χ4v) is 2.82. The maximum atomic E-state index is 11.2. The van der Waals surface area contributed by atoms with Crippen LogP contribution in [-0.4, -0.2) is 43.9 Å². The highest BCUT2D eigenvalue weighted by atomic mass is 32.2. The van der Waals surface area contributed by atoms with Gasteiger partial charge < -0.3 is 4.79 Å². The first-order valence-electron chi connectivity index (χ1n) is 6.56. The van der Waals surface area contributed by atoms with Crippen LogP contribution in [0.4, 0.5) is 5.82 Å². The van der Waals surface area contributed by atoms with Crippen LogP contribution < -0.4 is 4.72 Å². The summed E-state index contributed by atoms with van der Waals surface area (Å²) in [7, 11) is -3.30. The number of piperidine rings is 1. The van der Waals surface area contributed by atoms with Crippen molar-refractivity contribution in [3.8, 4) is 0 Å². The fourth-order valence-electron chi connectivity index (χ4n) is 2.32. The summed E-state index contributed by atoms with van der Waals surface area (Å²) in [6.45, 7) is 2.52. The number of sulfonamides is 1. The highest BCUT2D eigenvalue weighted by molar-refractivity contribution is 7.92. The summed E-state index contributed by atoms with van der Waals surface area (Å²) in [6, 6.07) is 3.62. The molecule has 0 atom stereocenters. The Morgan fingerprint density at radius 1 is 1.45 bits per heavy atom. The standard InChI is InChI=1S/C13H19N3O3S/c1-20(18,19)15-13-8-12(2-5-14-13)9-16-6-3-11(10-17)4-7-16/h2,5,8,10-11H,3-4,6-7,9H2,1H3,(H,14,15). The number of aldehydes is 1. The van der Waals surface area contributed by atoms with Gasteiger partial charge in [0.1, 0.15) is 12.1 Å². The number of rotatable bonds is 5. The summed E-state index contributed by atoms with van der Waals surface area (Å²) in [5.74, 6) is 0.527. The first kappa shape index (κ1) is 14.9. The molecule has 7 heteroatoms. The molecule has 2 heterocycles. The molecule has 1 fully saturated rings. The number of anilines is 1. The van der Waals surface area contributed by atoms with Gasteiger partial charge in [-0.2, -0.15) is 0 Å². The van der Waals surface area contributed by atoms with Gasteiger partial charge in [0.2, 0.25) is 10.0 Å². The van der Waals surface area contributed by atoms with Crippen molar-refractivity contribution in [2.24, 2.45) is 5.92 Å². The number of nitrogens with one attached hydrogen (secondary N) is 1. The number of carbonyl (C=O) groups excluding carboxylic acids is 1. The van der Waals surface area contributed by atoms with E-state index in [1.54, 1.807) is 12.3 Å². The van der Waals surface area contributed by atoms with Crippen LogP contribution in [0.5, 0.6) is 0 Å². The predicted octanol–water partition coefficient (Wildman–Crippen LogP) is 0.864. The number of pyridine rings is 1. The Morgan fingerprint density at radius 3 is 2.75 bits per heavy atom. The van der Waals surface area contributed by atoms with E-state index in [2.05, 4.69) is 14.6 Å². The van der Waals surface area contributed by atoms with Crippen molar-refractivity contribution in [1.29, 1.82) is 0 Å². The topological polar surface area (TPSA) is 79.4 Å². The molecule has 1 saturated heterocycles. The van der Waals surface area contributed by atoms with Gasteiger partial charge in [-0.1, -0.05) is 0 Å². The molecular formula is C13H19N3O3S. The molecule has 1 aromatic heterocycles. The molecule has 0 saturated carbocycles. The Balaban J connectivity index is 1.96. The van der Waals surface area contributed by atoms with Gasteiger partial charge in [-0.15, -0.1) is 0 Å². The molecule has 1 aliphatic heterocycles. The highest BCUT2D eigenvalue weighted by Gasteiger charge is 2.18. The van der Waals surface area contributed by atoms with Crippen LogP contribution in [0.15, 0.2) is 18.3 Å². The summed E-state index contributed by atoms with van der Waals surface area (Å²) in [6.07, 6.45) is 5.52. The minimum Gasteiger partial charge on any atom is -0.303 e. The second-order valence-corrected chi connectivity index (χ2v) is 6.92. The zero-order valence-electron chi connectivity index (χ0n) is 11.4. The van der Waals surface area contributed by atoms with Crippen LogP contribution in [0.25, 0.3) is 0 Å². The van der Waals surface area contributed by atoms with Gasteiger partial charge in [-0.25, -0.2) is 13.4 Å². The summed E-state index contributed by atoms with van der Waals surface area (Å²) < 4.78 is 24.7. The third-order valence-electron chi connectivity index (χ3n) is 3.35. The minimum atomic E-state index is -3.30. The maximum absolute atomic E-state index is 11.2. The van der Waals surface area contributed by atoms with Gasteiger partial charge >= 0.3 is 0 Å². The number of likely N-dealkylation sites (tertiary alicyclic amines) is 1. The molecule has 1 aromatic rings. The van der Waals surface area contributed by atoms with E-state index < -0.39 is 10.0 Å². The van der Waals surface area contributed by atoms with Gasteiger partial charge in [-0.05, 0) is 43.6 Å². The Morgan fingerprint density at radius 2 is 2.15 bits per heavy atom. The van der Waals surface area contributed by atoms with Gasteiger partial charge in [0.05, 0.1) is 6.26 Å². The van der Waals surface area contributed by atoms with Crippen molar-refractivity contribution in [3.63, 3.8) is 0 Å². The third-order valence-corrected chi connectivity index (χ3v) is 3.93. The minimum absolute atomic E-state index is 0.186. The molecule has 6 nitrogen and oxygen atoms in total. The third kappa shape index (κ3) is 4.57.